The van der Waals surface area contributed by atoms with Crippen LogP contribution in [0.1, 0.15) is 24.8 Å². The van der Waals surface area contributed by atoms with E-state index in [4.69, 9.17) is 0 Å². The first-order chi connectivity index (χ1) is 8.77. The Hall–Kier alpha value is -1.34. The predicted octanol–water partition coefficient (Wildman–Crippen LogP) is 3.54. The van der Waals surface area contributed by atoms with Gasteiger partial charge in [-0.15, -0.1) is 0 Å². The molecule has 0 amide bonds. The Morgan fingerprint density at radius 2 is 1.72 bits per heavy atom. The minimum atomic E-state index is -0.374. The summed E-state index contributed by atoms with van der Waals surface area (Å²) in [5.41, 5.74) is 0.909. The summed E-state index contributed by atoms with van der Waals surface area (Å²) in [6.07, 6.45) is 4.62. The molecule has 18 heavy (non-hydrogen) atoms. The summed E-state index contributed by atoms with van der Waals surface area (Å²) in [5, 5.41) is 13.2. The lowest BCUT2D eigenvalue weighted by molar-refractivity contribution is 0.107. The van der Waals surface area contributed by atoms with Gasteiger partial charge in [-0.05, 0) is 41.0 Å². The molecule has 0 aromatic heterocycles. The molecule has 2 aromatic carbocycles. The van der Waals surface area contributed by atoms with E-state index in [1.807, 2.05) is 0 Å². The van der Waals surface area contributed by atoms with Crippen molar-refractivity contribution in [2.24, 2.45) is 11.8 Å². The second kappa shape index (κ2) is 3.58. The zero-order chi connectivity index (χ0) is 12.2. The zero-order valence-corrected chi connectivity index (χ0v) is 10.5. The van der Waals surface area contributed by atoms with Crippen molar-refractivity contribution in [1.82, 2.24) is 0 Å². The van der Waals surface area contributed by atoms with Gasteiger partial charge in [-0.25, -0.2) is 0 Å². The smallest absolute Gasteiger partial charge is 0.0751 e. The van der Waals surface area contributed by atoms with Gasteiger partial charge in [0, 0.05) is 6.42 Å². The second-order valence-corrected chi connectivity index (χ2v) is 5.99. The van der Waals surface area contributed by atoms with Gasteiger partial charge in [0.15, 0.2) is 0 Å². The summed E-state index contributed by atoms with van der Waals surface area (Å²) in [6, 6.07) is 15.0. The van der Waals surface area contributed by atoms with E-state index in [1.54, 1.807) is 0 Å². The van der Waals surface area contributed by atoms with Gasteiger partial charge in [0.05, 0.1) is 5.60 Å². The van der Waals surface area contributed by atoms with Crippen molar-refractivity contribution in [3.8, 4) is 0 Å². The maximum atomic E-state index is 10.6. The number of aliphatic hydroxyl groups is 1. The highest BCUT2D eigenvalue weighted by Crippen LogP contribution is 2.61. The van der Waals surface area contributed by atoms with Gasteiger partial charge in [0.1, 0.15) is 0 Å². The molecule has 0 radical (unpaired) electrons. The van der Waals surface area contributed by atoms with E-state index < -0.39 is 0 Å². The van der Waals surface area contributed by atoms with Crippen LogP contribution in [0.3, 0.4) is 0 Å². The van der Waals surface area contributed by atoms with E-state index in [1.165, 1.54) is 35.6 Å². The van der Waals surface area contributed by atoms with Crippen LogP contribution in [0, 0.1) is 11.8 Å². The van der Waals surface area contributed by atoms with Gasteiger partial charge in [-0.1, -0.05) is 48.9 Å². The van der Waals surface area contributed by atoms with Crippen LogP contribution in [0.25, 0.3) is 10.8 Å². The first-order valence-electron chi connectivity index (χ1n) is 6.97. The van der Waals surface area contributed by atoms with Gasteiger partial charge in [-0.3, -0.25) is 0 Å². The van der Waals surface area contributed by atoms with Crippen LogP contribution in [0.5, 0.6) is 0 Å². The van der Waals surface area contributed by atoms with Crippen LogP contribution in [0.15, 0.2) is 42.5 Å². The van der Waals surface area contributed by atoms with Gasteiger partial charge in [0.25, 0.3) is 0 Å². The van der Waals surface area contributed by atoms with Crippen LogP contribution < -0.4 is 0 Å². The van der Waals surface area contributed by atoms with E-state index in [2.05, 4.69) is 42.5 Å². The van der Waals surface area contributed by atoms with E-state index in [-0.39, 0.29) is 5.60 Å². The maximum Gasteiger partial charge on any atom is 0.0751 e. The summed E-state index contributed by atoms with van der Waals surface area (Å²) in [6.45, 7) is 0. The molecule has 0 heterocycles. The first kappa shape index (κ1) is 10.6. The normalized spacial score (nSPS) is 33.6. The van der Waals surface area contributed by atoms with Gasteiger partial charge >= 0.3 is 0 Å². The molecule has 2 atom stereocenters. The molecule has 0 aliphatic heterocycles. The average molecular weight is 238 g/mol. The van der Waals surface area contributed by atoms with Crippen LogP contribution in [-0.4, -0.2) is 10.7 Å². The number of benzene rings is 2. The lowest BCUT2D eigenvalue weighted by Gasteiger charge is -2.14. The fourth-order valence-corrected chi connectivity index (χ4v) is 3.99. The minimum absolute atomic E-state index is 0.374. The van der Waals surface area contributed by atoms with Crippen LogP contribution in [0.4, 0.5) is 0 Å². The SMILES string of the molecule is OC1(Cc2ccc3ccccc3c2)C2CCCC21. The fourth-order valence-electron chi connectivity index (χ4n) is 3.99. The number of rotatable bonds is 2. The molecule has 0 bridgehead atoms. The molecule has 2 aromatic rings. The molecule has 2 aliphatic rings. The van der Waals surface area contributed by atoms with E-state index in [0.717, 1.165) is 6.42 Å². The number of fused-ring (bicyclic) bond motifs is 2. The zero-order valence-electron chi connectivity index (χ0n) is 10.5. The maximum absolute atomic E-state index is 10.6. The molecule has 2 fully saturated rings. The van der Waals surface area contributed by atoms with Crippen molar-refractivity contribution in [2.45, 2.75) is 31.3 Å². The van der Waals surface area contributed by atoms with Crippen LogP contribution in [0.2, 0.25) is 0 Å². The lowest BCUT2D eigenvalue weighted by atomic mass is 9.97. The quantitative estimate of drug-likeness (QED) is 0.848. The molecule has 4 rings (SSSR count). The Labute approximate surface area is 107 Å². The molecule has 0 saturated heterocycles. The Morgan fingerprint density at radius 1 is 1.00 bits per heavy atom. The second-order valence-electron chi connectivity index (χ2n) is 5.99. The van der Waals surface area contributed by atoms with Crippen molar-refractivity contribution in [1.29, 1.82) is 0 Å². The molecule has 1 nitrogen and oxygen atoms in total. The Kier molecular flexibility index (Phi) is 2.10. The molecule has 0 spiro atoms. The highest BCUT2D eigenvalue weighted by atomic mass is 16.3. The van der Waals surface area contributed by atoms with Crippen molar-refractivity contribution < 1.29 is 5.11 Å². The minimum Gasteiger partial charge on any atom is -0.389 e. The molecular weight excluding hydrogens is 220 g/mol. The molecular formula is C17H18O. The van der Waals surface area contributed by atoms with E-state index in [0.29, 0.717) is 11.8 Å². The highest BCUT2D eigenvalue weighted by molar-refractivity contribution is 5.83. The Balaban J connectivity index is 1.64. The summed E-state index contributed by atoms with van der Waals surface area (Å²) in [7, 11) is 0. The fraction of sp³-hybridized carbons (Fsp3) is 0.412. The largest absolute Gasteiger partial charge is 0.389 e. The number of hydrogen-bond acceptors (Lipinski definition) is 1. The van der Waals surface area contributed by atoms with Gasteiger partial charge in [-0.2, -0.15) is 0 Å². The third kappa shape index (κ3) is 1.44. The average Bonchev–Trinajstić information content (AvgIpc) is 2.81. The Bertz CT molecular complexity index is 591. The molecule has 2 aliphatic carbocycles. The predicted molar refractivity (Wildman–Crippen MR) is 73.4 cm³/mol. The monoisotopic (exact) mass is 238 g/mol. The highest BCUT2D eigenvalue weighted by Gasteiger charge is 2.64. The lowest BCUT2D eigenvalue weighted by Crippen LogP contribution is -2.19. The molecule has 2 unspecified atom stereocenters. The van der Waals surface area contributed by atoms with Gasteiger partial charge < -0.3 is 5.11 Å². The third-order valence-corrected chi connectivity index (χ3v) is 4.99. The van der Waals surface area contributed by atoms with Crippen molar-refractivity contribution in [3.63, 3.8) is 0 Å². The van der Waals surface area contributed by atoms with Crippen LogP contribution >= 0.6 is 0 Å². The summed E-state index contributed by atoms with van der Waals surface area (Å²) < 4.78 is 0. The van der Waals surface area contributed by atoms with E-state index in [9.17, 15) is 5.11 Å². The topological polar surface area (TPSA) is 20.2 Å². The van der Waals surface area contributed by atoms with Crippen molar-refractivity contribution in [3.05, 3.63) is 48.0 Å². The summed E-state index contributed by atoms with van der Waals surface area (Å²) in [5.74, 6) is 1.17. The molecule has 92 valence electrons. The number of hydrogen-bond donors (Lipinski definition) is 1. The standard InChI is InChI=1S/C17H18O/c18-17(15-6-3-7-16(15)17)11-12-8-9-13-4-1-2-5-14(13)10-12/h1-2,4-5,8-10,15-16,18H,3,6-7,11H2. The van der Waals surface area contributed by atoms with Crippen molar-refractivity contribution >= 4 is 10.8 Å². The van der Waals surface area contributed by atoms with E-state index >= 15 is 0 Å². The van der Waals surface area contributed by atoms with Crippen LogP contribution in [-0.2, 0) is 6.42 Å². The third-order valence-electron chi connectivity index (χ3n) is 4.99. The molecule has 1 N–H and O–H groups in total. The summed E-state index contributed by atoms with van der Waals surface area (Å²) >= 11 is 0. The Morgan fingerprint density at radius 3 is 2.50 bits per heavy atom. The molecule has 1 heteroatoms. The summed E-state index contributed by atoms with van der Waals surface area (Å²) in [4.78, 5) is 0. The van der Waals surface area contributed by atoms with Crippen molar-refractivity contribution in [2.75, 3.05) is 0 Å². The molecule has 2 saturated carbocycles. The first-order valence-corrected chi connectivity index (χ1v) is 6.97. The van der Waals surface area contributed by atoms with Gasteiger partial charge in [0.2, 0.25) is 0 Å².